The molecule has 0 aromatic heterocycles. The van der Waals surface area contributed by atoms with Crippen LogP contribution in [0.15, 0.2) is 18.2 Å². The van der Waals surface area contributed by atoms with Gasteiger partial charge in [0.1, 0.15) is 0 Å². The Labute approximate surface area is 94.1 Å². The van der Waals surface area contributed by atoms with Gasteiger partial charge in [-0.2, -0.15) is 0 Å². The molecule has 0 atom stereocenters. The number of amides is 1. The van der Waals surface area contributed by atoms with Crippen LogP contribution in [0.25, 0.3) is 0 Å². The first-order chi connectivity index (χ1) is 7.60. The highest BCUT2D eigenvalue weighted by atomic mass is 16.3. The number of benzene rings is 1. The number of rotatable bonds is 3. The van der Waals surface area contributed by atoms with E-state index in [1.807, 2.05) is 6.92 Å². The Morgan fingerprint density at radius 3 is 2.62 bits per heavy atom. The van der Waals surface area contributed by atoms with Crippen LogP contribution in [0.4, 0.5) is 0 Å². The minimum atomic E-state index is -0.317. The Morgan fingerprint density at radius 2 is 2.12 bits per heavy atom. The van der Waals surface area contributed by atoms with Crippen LogP contribution in [0.5, 0.6) is 11.5 Å². The maximum atomic E-state index is 11.9. The molecule has 0 saturated carbocycles. The van der Waals surface area contributed by atoms with Crippen molar-refractivity contribution in [1.82, 2.24) is 4.90 Å². The summed E-state index contributed by atoms with van der Waals surface area (Å²) in [6.45, 7) is 2.52. The van der Waals surface area contributed by atoms with Gasteiger partial charge in [-0.25, -0.2) is 0 Å². The van der Waals surface area contributed by atoms with Crippen LogP contribution in [-0.2, 0) is 0 Å². The van der Waals surface area contributed by atoms with Gasteiger partial charge in [-0.1, -0.05) is 5.92 Å². The van der Waals surface area contributed by atoms with Gasteiger partial charge in [-0.05, 0) is 25.1 Å². The van der Waals surface area contributed by atoms with E-state index >= 15 is 0 Å². The van der Waals surface area contributed by atoms with E-state index in [9.17, 15) is 9.90 Å². The predicted octanol–water partition coefficient (Wildman–Crippen LogP) is 1.19. The molecule has 0 aliphatic rings. The summed E-state index contributed by atoms with van der Waals surface area (Å²) in [5.41, 5.74) is 0.299. The molecular weight excluding hydrogens is 206 g/mol. The van der Waals surface area contributed by atoms with Crippen molar-refractivity contribution in [2.45, 2.75) is 6.92 Å². The smallest absolute Gasteiger partial charge is 0.254 e. The quantitative estimate of drug-likeness (QED) is 0.593. The van der Waals surface area contributed by atoms with Gasteiger partial charge >= 0.3 is 0 Å². The molecule has 4 nitrogen and oxygen atoms in total. The average Bonchev–Trinajstić information content (AvgIpc) is 2.28. The third-order valence-corrected chi connectivity index (χ3v) is 2.17. The zero-order valence-electron chi connectivity index (χ0n) is 8.97. The first-order valence-corrected chi connectivity index (χ1v) is 4.84. The largest absolute Gasteiger partial charge is 0.504 e. The summed E-state index contributed by atoms with van der Waals surface area (Å²) < 4.78 is 0. The van der Waals surface area contributed by atoms with Crippen LogP contribution in [0.1, 0.15) is 17.3 Å². The predicted molar refractivity (Wildman–Crippen MR) is 60.2 cm³/mol. The number of aromatic hydroxyl groups is 2. The number of nitrogens with zero attached hydrogens (tertiary/aromatic N) is 1. The van der Waals surface area contributed by atoms with Crippen molar-refractivity contribution in [3.05, 3.63) is 23.8 Å². The Balaban J connectivity index is 2.95. The molecule has 0 saturated heterocycles. The van der Waals surface area contributed by atoms with Crippen molar-refractivity contribution in [2.75, 3.05) is 13.1 Å². The van der Waals surface area contributed by atoms with Gasteiger partial charge in [0.2, 0.25) is 0 Å². The van der Waals surface area contributed by atoms with Crippen LogP contribution >= 0.6 is 0 Å². The maximum Gasteiger partial charge on any atom is 0.254 e. The number of carbonyl (C=O) groups excluding carboxylic acids is 1. The van der Waals surface area contributed by atoms with E-state index in [-0.39, 0.29) is 24.0 Å². The molecule has 0 radical (unpaired) electrons. The zero-order valence-corrected chi connectivity index (χ0v) is 8.97. The fraction of sp³-hybridized carbons (Fsp3) is 0.250. The molecule has 1 amide bonds. The summed E-state index contributed by atoms with van der Waals surface area (Å²) in [6, 6.07) is 3.93. The van der Waals surface area contributed by atoms with E-state index < -0.39 is 0 Å². The first-order valence-electron chi connectivity index (χ1n) is 4.84. The van der Waals surface area contributed by atoms with Crippen LogP contribution in [-0.4, -0.2) is 34.1 Å². The van der Waals surface area contributed by atoms with Gasteiger partial charge in [0.25, 0.3) is 5.91 Å². The average molecular weight is 219 g/mol. The van der Waals surface area contributed by atoms with Crippen LogP contribution in [0.3, 0.4) is 0 Å². The number of hydrogen-bond donors (Lipinski definition) is 2. The molecule has 84 valence electrons. The molecule has 2 N–H and O–H groups in total. The highest BCUT2D eigenvalue weighted by molar-refractivity contribution is 5.95. The second kappa shape index (κ2) is 5.08. The molecule has 1 aromatic carbocycles. The summed E-state index contributed by atoms with van der Waals surface area (Å²) in [5, 5.41) is 18.4. The highest BCUT2D eigenvalue weighted by Crippen LogP contribution is 2.25. The van der Waals surface area contributed by atoms with Gasteiger partial charge in [-0.15, -0.1) is 6.42 Å². The Morgan fingerprint density at radius 1 is 1.44 bits per heavy atom. The molecule has 1 aromatic rings. The second-order valence-corrected chi connectivity index (χ2v) is 3.23. The number of phenols is 2. The lowest BCUT2D eigenvalue weighted by Crippen LogP contribution is -2.31. The zero-order chi connectivity index (χ0) is 12.1. The molecule has 4 heteroatoms. The minimum absolute atomic E-state index is 0.219. The SMILES string of the molecule is C#CCN(CC)C(=O)c1ccc(O)c(O)c1. The normalized spacial score (nSPS) is 9.50. The fourth-order valence-electron chi connectivity index (χ4n) is 1.28. The van der Waals surface area contributed by atoms with E-state index in [1.165, 1.54) is 23.1 Å². The number of phenolic OH excluding ortho intramolecular Hbond substituents is 2. The minimum Gasteiger partial charge on any atom is -0.504 e. The van der Waals surface area contributed by atoms with Crippen molar-refractivity contribution in [3.63, 3.8) is 0 Å². The van der Waals surface area contributed by atoms with Gasteiger partial charge in [0.15, 0.2) is 11.5 Å². The van der Waals surface area contributed by atoms with Crippen molar-refractivity contribution in [2.24, 2.45) is 0 Å². The molecule has 0 spiro atoms. The monoisotopic (exact) mass is 219 g/mol. The summed E-state index contributed by atoms with van der Waals surface area (Å²) in [7, 11) is 0. The van der Waals surface area contributed by atoms with Gasteiger partial charge in [-0.3, -0.25) is 4.79 Å². The van der Waals surface area contributed by atoms with E-state index in [4.69, 9.17) is 11.5 Å². The molecule has 0 aliphatic carbocycles. The summed E-state index contributed by atoms with van der Waals surface area (Å²) in [4.78, 5) is 13.3. The molecule has 1 rings (SSSR count). The highest BCUT2D eigenvalue weighted by Gasteiger charge is 2.14. The fourth-order valence-corrected chi connectivity index (χ4v) is 1.28. The number of carbonyl (C=O) groups is 1. The topological polar surface area (TPSA) is 60.8 Å². The molecule has 0 heterocycles. The van der Waals surface area contributed by atoms with E-state index in [0.717, 1.165) is 0 Å². The molecular formula is C12H13NO3. The lowest BCUT2D eigenvalue weighted by molar-refractivity contribution is 0.0784. The summed E-state index contributed by atoms with van der Waals surface area (Å²) in [5.74, 6) is 1.55. The van der Waals surface area contributed by atoms with Crippen molar-refractivity contribution < 1.29 is 15.0 Å². The van der Waals surface area contributed by atoms with E-state index in [2.05, 4.69) is 5.92 Å². The van der Waals surface area contributed by atoms with Gasteiger partial charge < -0.3 is 15.1 Å². The van der Waals surface area contributed by atoms with Crippen LogP contribution in [0, 0.1) is 12.3 Å². The lowest BCUT2D eigenvalue weighted by Gasteiger charge is -2.18. The summed E-state index contributed by atoms with van der Waals surface area (Å²) in [6.07, 6.45) is 5.14. The van der Waals surface area contributed by atoms with Crippen LogP contribution < -0.4 is 0 Å². The molecule has 0 bridgehead atoms. The van der Waals surface area contributed by atoms with Crippen molar-refractivity contribution in [3.8, 4) is 23.8 Å². The van der Waals surface area contributed by atoms with Gasteiger partial charge in [0.05, 0.1) is 6.54 Å². The lowest BCUT2D eigenvalue weighted by atomic mass is 10.1. The van der Waals surface area contributed by atoms with E-state index in [1.54, 1.807) is 0 Å². The number of terminal acetylenes is 1. The maximum absolute atomic E-state index is 11.9. The molecule has 0 fully saturated rings. The third kappa shape index (κ3) is 2.45. The van der Waals surface area contributed by atoms with Crippen molar-refractivity contribution >= 4 is 5.91 Å². The Bertz CT molecular complexity index is 434. The second-order valence-electron chi connectivity index (χ2n) is 3.23. The van der Waals surface area contributed by atoms with Gasteiger partial charge in [0, 0.05) is 12.1 Å². The molecule has 16 heavy (non-hydrogen) atoms. The molecule has 0 aliphatic heterocycles. The number of hydrogen-bond acceptors (Lipinski definition) is 3. The van der Waals surface area contributed by atoms with E-state index in [0.29, 0.717) is 12.1 Å². The van der Waals surface area contributed by atoms with Crippen molar-refractivity contribution in [1.29, 1.82) is 0 Å². The Hall–Kier alpha value is -2.15. The first kappa shape index (κ1) is 11.9. The molecule has 0 unspecified atom stereocenters. The van der Waals surface area contributed by atoms with Crippen LogP contribution in [0.2, 0.25) is 0 Å². The standard InChI is InChI=1S/C12H13NO3/c1-3-7-13(4-2)12(16)9-5-6-10(14)11(15)8-9/h1,5-6,8,14-15H,4,7H2,2H3. The summed E-state index contributed by atoms with van der Waals surface area (Å²) >= 11 is 0. The third-order valence-electron chi connectivity index (χ3n) is 2.17. The Kier molecular flexibility index (Phi) is 3.78.